The van der Waals surface area contributed by atoms with Crippen LogP contribution in [0.25, 0.3) is 0 Å². The summed E-state index contributed by atoms with van der Waals surface area (Å²) >= 11 is 0. The maximum atomic E-state index is 12.4. The number of carbonyl (C=O) groups excluding carboxylic acids is 1. The van der Waals surface area contributed by atoms with Gasteiger partial charge in [0.1, 0.15) is 0 Å². The molecule has 106 valence electrons. The van der Waals surface area contributed by atoms with Gasteiger partial charge in [-0.1, -0.05) is 20.8 Å². The second-order valence-electron chi connectivity index (χ2n) is 5.65. The second kappa shape index (κ2) is 7.10. The van der Waals surface area contributed by atoms with E-state index in [-0.39, 0.29) is 24.2 Å². The molecule has 1 aliphatic rings. The Morgan fingerprint density at radius 1 is 1.39 bits per heavy atom. The molecule has 0 saturated carbocycles. The van der Waals surface area contributed by atoms with E-state index < -0.39 is 0 Å². The number of carbonyl (C=O) groups is 1. The summed E-state index contributed by atoms with van der Waals surface area (Å²) in [7, 11) is 1.70. The van der Waals surface area contributed by atoms with Gasteiger partial charge in [0, 0.05) is 19.8 Å². The van der Waals surface area contributed by atoms with E-state index in [0.717, 1.165) is 19.3 Å². The normalized spacial score (nSPS) is 26.1. The van der Waals surface area contributed by atoms with E-state index >= 15 is 0 Å². The average Bonchev–Trinajstić information content (AvgIpc) is 2.62. The van der Waals surface area contributed by atoms with Crippen LogP contribution in [0.5, 0.6) is 0 Å². The zero-order chi connectivity index (χ0) is 13.7. The van der Waals surface area contributed by atoms with E-state index in [0.29, 0.717) is 12.5 Å². The number of methoxy groups -OCH3 is 1. The van der Waals surface area contributed by atoms with Crippen LogP contribution < -0.4 is 5.32 Å². The molecule has 4 heteroatoms. The highest BCUT2D eigenvalue weighted by Gasteiger charge is 2.39. The molecule has 0 aliphatic carbocycles. The van der Waals surface area contributed by atoms with Gasteiger partial charge in [-0.25, -0.2) is 0 Å². The van der Waals surface area contributed by atoms with Crippen LogP contribution >= 0.6 is 0 Å². The number of ether oxygens (including phenoxy) is 1. The van der Waals surface area contributed by atoms with Crippen LogP contribution in [-0.4, -0.2) is 42.8 Å². The van der Waals surface area contributed by atoms with E-state index in [1.54, 1.807) is 7.11 Å². The van der Waals surface area contributed by atoms with Crippen LogP contribution in [0.15, 0.2) is 0 Å². The first-order valence-electron chi connectivity index (χ1n) is 7.08. The average molecular weight is 256 g/mol. The molecule has 4 nitrogen and oxygen atoms in total. The Balaban J connectivity index is 2.66. The Morgan fingerprint density at radius 2 is 2.06 bits per heavy atom. The van der Waals surface area contributed by atoms with Gasteiger partial charge in [-0.05, 0) is 32.1 Å². The number of rotatable bonds is 7. The third-order valence-corrected chi connectivity index (χ3v) is 3.59. The third-order valence-electron chi connectivity index (χ3n) is 3.59. The van der Waals surface area contributed by atoms with E-state index in [9.17, 15) is 4.79 Å². The first-order chi connectivity index (χ1) is 8.51. The van der Waals surface area contributed by atoms with Crippen molar-refractivity contribution in [1.29, 1.82) is 0 Å². The lowest BCUT2D eigenvalue weighted by Gasteiger charge is -2.29. The lowest BCUT2D eigenvalue weighted by Crippen LogP contribution is -2.43. The second-order valence-corrected chi connectivity index (χ2v) is 5.65. The molecule has 1 saturated heterocycles. The Hall–Kier alpha value is -0.610. The highest BCUT2D eigenvalue weighted by molar-refractivity contribution is 5.84. The van der Waals surface area contributed by atoms with E-state index in [1.807, 2.05) is 4.90 Å². The third kappa shape index (κ3) is 3.69. The van der Waals surface area contributed by atoms with Crippen molar-refractivity contribution >= 4 is 5.91 Å². The monoisotopic (exact) mass is 256 g/mol. The van der Waals surface area contributed by atoms with E-state index in [2.05, 4.69) is 33.0 Å². The number of hydrogen-bond acceptors (Lipinski definition) is 3. The minimum absolute atomic E-state index is 0.0000510. The molecule has 3 unspecified atom stereocenters. The van der Waals surface area contributed by atoms with Gasteiger partial charge >= 0.3 is 0 Å². The Kier molecular flexibility index (Phi) is 6.09. The molecule has 1 heterocycles. The summed E-state index contributed by atoms with van der Waals surface area (Å²) in [6.45, 7) is 9.26. The van der Waals surface area contributed by atoms with Crippen molar-refractivity contribution in [3.63, 3.8) is 0 Å². The van der Waals surface area contributed by atoms with Crippen molar-refractivity contribution in [2.24, 2.45) is 5.92 Å². The molecule has 0 aromatic carbocycles. The zero-order valence-corrected chi connectivity index (χ0v) is 12.4. The summed E-state index contributed by atoms with van der Waals surface area (Å²) in [6.07, 6.45) is 2.96. The highest BCUT2D eigenvalue weighted by Crippen LogP contribution is 2.22. The molecular formula is C14H28N2O2. The number of hydrogen-bond donors (Lipinski definition) is 1. The maximum Gasteiger partial charge on any atom is 0.241 e. The molecule has 18 heavy (non-hydrogen) atoms. The van der Waals surface area contributed by atoms with Crippen LogP contribution in [0, 0.1) is 5.92 Å². The highest BCUT2D eigenvalue weighted by atomic mass is 16.5. The standard InChI is InChI=1S/C14H28N2O2/c1-6-13-15-12(9-10(2)3)14(17)16(13)11(4)7-8-18-5/h10-13,15H,6-9H2,1-5H3. The summed E-state index contributed by atoms with van der Waals surface area (Å²) < 4.78 is 5.11. The number of nitrogens with zero attached hydrogens (tertiary/aromatic N) is 1. The largest absolute Gasteiger partial charge is 0.385 e. The summed E-state index contributed by atoms with van der Waals surface area (Å²) in [4.78, 5) is 14.5. The van der Waals surface area contributed by atoms with Gasteiger partial charge < -0.3 is 9.64 Å². The molecule has 0 radical (unpaired) electrons. The van der Waals surface area contributed by atoms with Crippen LogP contribution in [0.2, 0.25) is 0 Å². The lowest BCUT2D eigenvalue weighted by molar-refractivity contribution is -0.132. The molecule has 0 aromatic rings. The van der Waals surface area contributed by atoms with Gasteiger partial charge in [0.05, 0.1) is 12.2 Å². The Labute approximate surface area is 111 Å². The minimum Gasteiger partial charge on any atom is -0.385 e. The predicted molar refractivity (Wildman–Crippen MR) is 73.3 cm³/mol. The van der Waals surface area contributed by atoms with Crippen molar-refractivity contribution in [2.75, 3.05) is 13.7 Å². The van der Waals surface area contributed by atoms with Crippen molar-refractivity contribution in [2.45, 2.75) is 65.2 Å². The summed E-state index contributed by atoms with van der Waals surface area (Å²) in [5.41, 5.74) is 0. The SMILES string of the molecule is CCC1NC(CC(C)C)C(=O)N1C(C)CCOC. The van der Waals surface area contributed by atoms with Gasteiger partial charge in [-0.3, -0.25) is 10.1 Å². The van der Waals surface area contributed by atoms with Crippen molar-refractivity contribution < 1.29 is 9.53 Å². The lowest BCUT2D eigenvalue weighted by atomic mass is 10.0. The fourth-order valence-corrected chi connectivity index (χ4v) is 2.62. The van der Waals surface area contributed by atoms with Crippen LogP contribution in [0.1, 0.15) is 47.0 Å². The number of amides is 1. The first-order valence-corrected chi connectivity index (χ1v) is 7.08. The van der Waals surface area contributed by atoms with Gasteiger partial charge in [-0.2, -0.15) is 0 Å². The van der Waals surface area contributed by atoms with Gasteiger partial charge in [-0.15, -0.1) is 0 Å². The van der Waals surface area contributed by atoms with Gasteiger partial charge in [0.15, 0.2) is 0 Å². The molecular weight excluding hydrogens is 228 g/mol. The van der Waals surface area contributed by atoms with Crippen LogP contribution in [-0.2, 0) is 9.53 Å². The predicted octanol–water partition coefficient (Wildman–Crippen LogP) is 1.99. The molecule has 1 fully saturated rings. The van der Waals surface area contributed by atoms with Gasteiger partial charge in [0.25, 0.3) is 0 Å². The molecule has 1 rings (SSSR count). The molecule has 1 amide bonds. The molecule has 1 aliphatic heterocycles. The quantitative estimate of drug-likeness (QED) is 0.757. The summed E-state index contributed by atoms with van der Waals surface area (Å²) in [5.74, 6) is 0.803. The van der Waals surface area contributed by atoms with Crippen LogP contribution in [0.3, 0.4) is 0 Å². The molecule has 0 spiro atoms. The van der Waals surface area contributed by atoms with Crippen molar-refractivity contribution in [3.05, 3.63) is 0 Å². The van der Waals surface area contributed by atoms with E-state index in [1.165, 1.54) is 0 Å². The smallest absolute Gasteiger partial charge is 0.241 e. The Bertz CT molecular complexity index is 269. The van der Waals surface area contributed by atoms with Crippen LogP contribution in [0.4, 0.5) is 0 Å². The van der Waals surface area contributed by atoms with Crippen molar-refractivity contribution in [1.82, 2.24) is 10.2 Å². The molecule has 1 N–H and O–H groups in total. The summed E-state index contributed by atoms with van der Waals surface area (Å²) in [6, 6.07) is 0.243. The fourth-order valence-electron chi connectivity index (χ4n) is 2.62. The fraction of sp³-hybridized carbons (Fsp3) is 0.929. The molecule has 3 atom stereocenters. The molecule has 0 aromatic heterocycles. The van der Waals surface area contributed by atoms with Gasteiger partial charge in [0.2, 0.25) is 5.91 Å². The zero-order valence-electron chi connectivity index (χ0n) is 12.4. The topological polar surface area (TPSA) is 41.6 Å². The first kappa shape index (κ1) is 15.4. The number of nitrogens with one attached hydrogen (secondary N) is 1. The van der Waals surface area contributed by atoms with Crippen molar-refractivity contribution in [3.8, 4) is 0 Å². The minimum atomic E-state index is -0.0000510. The Morgan fingerprint density at radius 3 is 2.56 bits per heavy atom. The molecule has 0 bridgehead atoms. The maximum absolute atomic E-state index is 12.4. The van der Waals surface area contributed by atoms with E-state index in [4.69, 9.17) is 4.74 Å². The summed E-state index contributed by atoms with van der Waals surface area (Å²) in [5, 5.41) is 3.46.